The van der Waals surface area contributed by atoms with Crippen molar-refractivity contribution in [2.45, 2.75) is 44.1 Å². The van der Waals surface area contributed by atoms with E-state index < -0.39 is 11.5 Å². The number of halogens is 1. The maximum Gasteiger partial charge on any atom is 0.286 e. The zero-order valence-electron chi connectivity index (χ0n) is 11.0. The highest BCUT2D eigenvalue weighted by molar-refractivity contribution is 9.10. The molecule has 0 saturated heterocycles. The Bertz CT molecular complexity index is 495. The molecule has 1 aromatic rings. The van der Waals surface area contributed by atoms with E-state index in [-0.39, 0.29) is 12.3 Å². The third kappa shape index (κ3) is 4.08. The molecule has 2 amide bonds. The van der Waals surface area contributed by atoms with E-state index in [4.69, 9.17) is 0 Å². The van der Waals surface area contributed by atoms with Gasteiger partial charge in [0.1, 0.15) is 5.69 Å². The molecule has 1 heterocycles. The normalized spacial score (nSPS) is 17.5. The van der Waals surface area contributed by atoms with E-state index in [9.17, 15) is 14.7 Å². The summed E-state index contributed by atoms with van der Waals surface area (Å²) < 4.78 is 0.755. The van der Waals surface area contributed by atoms with Crippen molar-refractivity contribution in [3.63, 3.8) is 0 Å². The van der Waals surface area contributed by atoms with E-state index in [1.54, 1.807) is 12.3 Å². The second-order valence-electron chi connectivity index (χ2n) is 5.20. The first-order chi connectivity index (χ1) is 9.48. The van der Waals surface area contributed by atoms with Crippen LogP contribution in [0.15, 0.2) is 16.7 Å². The average molecular weight is 344 g/mol. The summed E-state index contributed by atoms with van der Waals surface area (Å²) in [7, 11) is 0. The van der Waals surface area contributed by atoms with Gasteiger partial charge in [0.25, 0.3) is 5.91 Å². The third-order valence-corrected chi connectivity index (χ3v) is 3.94. The van der Waals surface area contributed by atoms with Crippen molar-refractivity contribution in [2.24, 2.45) is 0 Å². The van der Waals surface area contributed by atoms with Gasteiger partial charge in [0, 0.05) is 10.7 Å². The van der Waals surface area contributed by atoms with Gasteiger partial charge in [0.05, 0.1) is 12.0 Å². The van der Waals surface area contributed by atoms with Crippen molar-refractivity contribution in [1.82, 2.24) is 15.8 Å². The number of H-pyrrole nitrogens is 1. The predicted octanol–water partition coefficient (Wildman–Crippen LogP) is 1.62. The lowest BCUT2D eigenvalue weighted by molar-refractivity contribution is -0.128. The number of aliphatic hydroxyl groups is 1. The molecule has 0 spiro atoms. The van der Waals surface area contributed by atoms with Crippen LogP contribution in [-0.4, -0.2) is 27.5 Å². The number of aromatic nitrogens is 1. The van der Waals surface area contributed by atoms with Crippen LogP contribution in [0, 0.1) is 0 Å². The van der Waals surface area contributed by atoms with Gasteiger partial charge in [-0.3, -0.25) is 20.4 Å². The van der Waals surface area contributed by atoms with Crippen LogP contribution in [0.5, 0.6) is 0 Å². The van der Waals surface area contributed by atoms with E-state index in [0.717, 1.165) is 23.7 Å². The standard InChI is InChI=1S/C13H18BrN3O3/c14-9-6-10(15-8-9)12(19)17-16-11(18)7-13(20)4-2-1-3-5-13/h6,8,15,20H,1-5,7H2,(H,16,18)(H,17,19). The van der Waals surface area contributed by atoms with Crippen LogP contribution in [0.1, 0.15) is 49.0 Å². The van der Waals surface area contributed by atoms with Crippen molar-refractivity contribution in [3.8, 4) is 0 Å². The molecule has 1 saturated carbocycles. The van der Waals surface area contributed by atoms with E-state index in [0.29, 0.717) is 18.5 Å². The fraction of sp³-hybridized carbons (Fsp3) is 0.538. The first-order valence-corrected chi connectivity index (χ1v) is 7.43. The van der Waals surface area contributed by atoms with Crippen molar-refractivity contribution in [3.05, 3.63) is 22.4 Å². The molecule has 0 radical (unpaired) electrons. The maximum atomic E-state index is 11.8. The fourth-order valence-corrected chi connectivity index (χ4v) is 2.77. The van der Waals surface area contributed by atoms with Crippen molar-refractivity contribution in [1.29, 1.82) is 0 Å². The number of hydrazine groups is 1. The van der Waals surface area contributed by atoms with Crippen LogP contribution in [0.25, 0.3) is 0 Å². The monoisotopic (exact) mass is 343 g/mol. The number of rotatable bonds is 3. The summed E-state index contributed by atoms with van der Waals surface area (Å²) in [6.07, 6.45) is 5.89. The van der Waals surface area contributed by atoms with Gasteiger partial charge in [0.15, 0.2) is 0 Å². The van der Waals surface area contributed by atoms with Crippen LogP contribution < -0.4 is 10.9 Å². The first kappa shape index (κ1) is 15.1. The molecule has 7 heteroatoms. The quantitative estimate of drug-likeness (QED) is 0.628. The lowest BCUT2D eigenvalue weighted by atomic mass is 9.82. The van der Waals surface area contributed by atoms with Crippen molar-refractivity contribution >= 4 is 27.7 Å². The largest absolute Gasteiger partial charge is 0.389 e. The fourth-order valence-electron chi connectivity index (χ4n) is 2.42. The molecule has 1 aliphatic rings. The molecule has 6 nitrogen and oxygen atoms in total. The molecule has 4 N–H and O–H groups in total. The minimum absolute atomic E-state index is 0.0156. The third-order valence-electron chi connectivity index (χ3n) is 3.48. The smallest absolute Gasteiger partial charge is 0.286 e. The molecule has 1 aliphatic carbocycles. The van der Waals surface area contributed by atoms with Gasteiger partial charge in [-0.2, -0.15) is 0 Å². The molecule has 110 valence electrons. The molecule has 0 aliphatic heterocycles. The number of carbonyl (C=O) groups is 2. The highest BCUT2D eigenvalue weighted by atomic mass is 79.9. The second kappa shape index (κ2) is 6.41. The van der Waals surface area contributed by atoms with E-state index in [1.807, 2.05) is 0 Å². The van der Waals surface area contributed by atoms with Crippen LogP contribution in [0.3, 0.4) is 0 Å². The topological polar surface area (TPSA) is 94.2 Å². The summed E-state index contributed by atoms with van der Waals surface area (Å²) in [5.74, 6) is -0.812. The molecule has 20 heavy (non-hydrogen) atoms. The predicted molar refractivity (Wildman–Crippen MR) is 76.8 cm³/mol. The molecule has 0 unspecified atom stereocenters. The van der Waals surface area contributed by atoms with Gasteiger partial charge < -0.3 is 10.1 Å². The van der Waals surface area contributed by atoms with Crippen molar-refractivity contribution < 1.29 is 14.7 Å². The number of aromatic amines is 1. The Morgan fingerprint density at radius 1 is 1.30 bits per heavy atom. The minimum atomic E-state index is -0.928. The molecular weight excluding hydrogens is 326 g/mol. The Kier molecular flexibility index (Phi) is 4.82. The second-order valence-corrected chi connectivity index (χ2v) is 6.11. The molecule has 1 aromatic heterocycles. The summed E-state index contributed by atoms with van der Waals surface area (Å²) in [6, 6.07) is 1.61. The molecule has 1 fully saturated rings. The Labute approximate surface area is 125 Å². The van der Waals surface area contributed by atoms with Gasteiger partial charge in [0.2, 0.25) is 5.91 Å². The Balaban J connectivity index is 1.78. The SMILES string of the molecule is O=C(CC1(O)CCCCC1)NNC(=O)c1cc(Br)c[nH]1. The van der Waals surface area contributed by atoms with E-state index in [2.05, 4.69) is 31.8 Å². The van der Waals surface area contributed by atoms with Gasteiger partial charge >= 0.3 is 0 Å². The lowest BCUT2D eigenvalue weighted by Crippen LogP contribution is -2.45. The average Bonchev–Trinajstić information content (AvgIpc) is 2.83. The van der Waals surface area contributed by atoms with E-state index in [1.165, 1.54) is 0 Å². The van der Waals surface area contributed by atoms with Gasteiger partial charge in [-0.25, -0.2) is 0 Å². The van der Waals surface area contributed by atoms with Crippen molar-refractivity contribution in [2.75, 3.05) is 0 Å². The van der Waals surface area contributed by atoms with E-state index >= 15 is 0 Å². The number of amides is 2. The summed E-state index contributed by atoms with van der Waals surface area (Å²) in [5.41, 5.74) is 4.06. The van der Waals surface area contributed by atoms with Crippen LogP contribution in [0.2, 0.25) is 0 Å². The Hall–Kier alpha value is -1.34. The highest BCUT2D eigenvalue weighted by Gasteiger charge is 2.31. The molecule has 2 rings (SSSR count). The van der Waals surface area contributed by atoms with Crippen LogP contribution >= 0.6 is 15.9 Å². The number of hydrogen-bond donors (Lipinski definition) is 4. The summed E-state index contributed by atoms with van der Waals surface area (Å²) in [5, 5.41) is 10.2. The number of carbonyl (C=O) groups excluding carboxylic acids is 2. The molecule has 0 aromatic carbocycles. The summed E-state index contributed by atoms with van der Waals surface area (Å²) in [4.78, 5) is 26.2. The summed E-state index contributed by atoms with van der Waals surface area (Å²) in [6.45, 7) is 0. The maximum absolute atomic E-state index is 11.8. The highest BCUT2D eigenvalue weighted by Crippen LogP contribution is 2.30. The zero-order valence-corrected chi connectivity index (χ0v) is 12.6. The zero-order chi connectivity index (χ0) is 14.6. The molecule has 0 atom stereocenters. The number of hydrogen-bond acceptors (Lipinski definition) is 3. The first-order valence-electron chi connectivity index (χ1n) is 6.64. The summed E-state index contributed by atoms with van der Waals surface area (Å²) >= 11 is 3.22. The van der Waals surface area contributed by atoms with Gasteiger partial charge in [-0.1, -0.05) is 19.3 Å². The van der Waals surface area contributed by atoms with Gasteiger partial charge in [-0.05, 0) is 34.8 Å². The lowest BCUT2D eigenvalue weighted by Gasteiger charge is -2.31. The Morgan fingerprint density at radius 3 is 2.60 bits per heavy atom. The molecular formula is C13H18BrN3O3. The van der Waals surface area contributed by atoms with Crippen LogP contribution in [-0.2, 0) is 4.79 Å². The minimum Gasteiger partial charge on any atom is -0.389 e. The van der Waals surface area contributed by atoms with Gasteiger partial charge in [-0.15, -0.1) is 0 Å². The van der Waals surface area contributed by atoms with Crippen LogP contribution in [0.4, 0.5) is 0 Å². The molecule has 0 bridgehead atoms. The number of nitrogens with one attached hydrogen (secondary N) is 3. The Morgan fingerprint density at radius 2 is 2.00 bits per heavy atom.